The molecule has 0 saturated carbocycles. The lowest BCUT2D eigenvalue weighted by molar-refractivity contribution is -0.131. The molecule has 2 saturated heterocycles. The summed E-state index contributed by atoms with van der Waals surface area (Å²) in [5.41, 5.74) is 1.03. The number of anilines is 1. The van der Waals surface area contributed by atoms with E-state index >= 15 is 0 Å². The number of likely N-dealkylation sites (tertiary alicyclic amines) is 1. The van der Waals surface area contributed by atoms with Gasteiger partial charge in [0.05, 0.1) is 0 Å². The van der Waals surface area contributed by atoms with Gasteiger partial charge in [-0.1, -0.05) is 12.8 Å². The van der Waals surface area contributed by atoms with E-state index < -0.39 is 0 Å². The number of hydrogen-bond donors (Lipinski definition) is 2. The highest BCUT2D eigenvalue weighted by Crippen LogP contribution is 2.18. The molecule has 2 fully saturated rings. The van der Waals surface area contributed by atoms with E-state index in [9.17, 15) is 9.59 Å². The predicted molar refractivity (Wildman–Crippen MR) is 106 cm³/mol. The minimum Gasteiger partial charge on any atom is -0.357 e. The summed E-state index contributed by atoms with van der Waals surface area (Å²) in [5, 5.41) is 5.64. The third kappa shape index (κ3) is 6.12. The molecule has 1 aromatic rings. The van der Waals surface area contributed by atoms with Gasteiger partial charge in [-0.15, -0.1) is 0 Å². The zero-order valence-electron chi connectivity index (χ0n) is 16.1. The van der Waals surface area contributed by atoms with Crippen LogP contribution in [0.15, 0.2) is 18.3 Å². The quantitative estimate of drug-likeness (QED) is 0.802. The summed E-state index contributed by atoms with van der Waals surface area (Å²) in [6.45, 7) is 4.63. The molecule has 0 atom stereocenters. The van der Waals surface area contributed by atoms with Crippen LogP contribution in [0.2, 0.25) is 0 Å². The Kier molecular flexibility index (Phi) is 7.30. The minimum absolute atomic E-state index is 0.140. The number of amides is 3. The second-order valence-electron chi connectivity index (χ2n) is 7.37. The summed E-state index contributed by atoms with van der Waals surface area (Å²) < 4.78 is 0. The van der Waals surface area contributed by atoms with Crippen molar-refractivity contribution in [1.82, 2.24) is 20.5 Å². The summed E-state index contributed by atoms with van der Waals surface area (Å²) in [5.74, 6) is 1.12. The highest BCUT2D eigenvalue weighted by molar-refractivity contribution is 5.78. The van der Waals surface area contributed by atoms with Crippen molar-refractivity contribution in [3.8, 4) is 0 Å². The van der Waals surface area contributed by atoms with Crippen LogP contribution in [0.3, 0.4) is 0 Å². The number of aromatic nitrogens is 1. The Bertz CT molecular complexity index is 623. The first kappa shape index (κ1) is 19.5. The van der Waals surface area contributed by atoms with Gasteiger partial charge in [-0.25, -0.2) is 9.78 Å². The fraction of sp³-hybridized carbons (Fsp3) is 0.650. The Hall–Kier alpha value is -2.31. The number of hydrogen-bond acceptors (Lipinski definition) is 4. The number of nitrogens with zero attached hydrogens (tertiary/aromatic N) is 3. The lowest BCUT2D eigenvalue weighted by Gasteiger charge is -2.20. The molecule has 2 aliphatic rings. The SMILES string of the molecule is O=C(NCCC(=O)N1CCCCCC1)NCc1ccnc(N2CCCC2)c1. The molecule has 3 amide bonds. The van der Waals surface area contributed by atoms with E-state index in [1.807, 2.05) is 17.0 Å². The molecule has 0 bridgehead atoms. The van der Waals surface area contributed by atoms with Crippen molar-refractivity contribution in [2.24, 2.45) is 0 Å². The maximum atomic E-state index is 12.2. The molecule has 2 N–H and O–H groups in total. The van der Waals surface area contributed by atoms with Crippen molar-refractivity contribution in [1.29, 1.82) is 0 Å². The molecule has 0 spiro atoms. The Morgan fingerprint density at radius 1 is 0.963 bits per heavy atom. The second-order valence-corrected chi connectivity index (χ2v) is 7.37. The van der Waals surface area contributed by atoms with E-state index in [4.69, 9.17) is 0 Å². The monoisotopic (exact) mass is 373 g/mol. The van der Waals surface area contributed by atoms with Gasteiger partial charge in [0.15, 0.2) is 0 Å². The second kappa shape index (κ2) is 10.1. The summed E-state index contributed by atoms with van der Waals surface area (Å²) >= 11 is 0. The lowest BCUT2D eigenvalue weighted by atomic mass is 10.2. The molecule has 0 aromatic carbocycles. The molecule has 148 valence electrons. The normalized spacial score (nSPS) is 17.5. The molecule has 2 aliphatic heterocycles. The average Bonchev–Trinajstić information content (AvgIpc) is 3.09. The van der Waals surface area contributed by atoms with Gasteiger partial charge in [0.25, 0.3) is 0 Å². The number of carbonyl (C=O) groups is 2. The van der Waals surface area contributed by atoms with E-state index in [1.54, 1.807) is 6.20 Å². The van der Waals surface area contributed by atoms with Crippen molar-refractivity contribution in [2.75, 3.05) is 37.6 Å². The summed E-state index contributed by atoms with van der Waals surface area (Å²) in [4.78, 5) is 32.8. The zero-order chi connectivity index (χ0) is 18.9. The summed E-state index contributed by atoms with van der Waals surface area (Å²) in [7, 11) is 0. The first-order valence-corrected chi connectivity index (χ1v) is 10.2. The topological polar surface area (TPSA) is 77.6 Å². The van der Waals surface area contributed by atoms with Crippen LogP contribution in [-0.2, 0) is 11.3 Å². The molecule has 0 radical (unpaired) electrons. The molecule has 0 unspecified atom stereocenters. The van der Waals surface area contributed by atoms with E-state index in [-0.39, 0.29) is 11.9 Å². The van der Waals surface area contributed by atoms with Gasteiger partial charge in [-0.2, -0.15) is 0 Å². The Balaban J connectivity index is 1.36. The van der Waals surface area contributed by atoms with Crippen LogP contribution in [0.5, 0.6) is 0 Å². The van der Waals surface area contributed by atoms with Gasteiger partial charge < -0.3 is 20.4 Å². The fourth-order valence-electron chi connectivity index (χ4n) is 3.70. The Morgan fingerprint density at radius 3 is 2.41 bits per heavy atom. The molecule has 0 aliphatic carbocycles. The smallest absolute Gasteiger partial charge is 0.315 e. The standard InChI is InChI=1S/C20H31N5O2/c26-19(25-13-3-1-2-4-14-25)8-10-22-20(27)23-16-17-7-9-21-18(15-17)24-11-5-6-12-24/h7,9,15H,1-6,8,10-14,16H2,(H2,22,23,27). The summed E-state index contributed by atoms with van der Waals surface area (Å²) in [6.07, 6.45) is 9.17. The number of carbonyl (C=O) groups excluding carboxylic acids is 2. The molecule has 27 heavy (non-hydrogen) atoms. The number of rotatable bonds is 6. The zero-order valence-corrected chi connectivity index (χ0v) is 16.1. The van der Waals surface area contributed by atoms with Crippen LogP contribution < -0.4 is 15.5 Å². The first-order chi connectivity index (χ1) is 13.2. The maximum absolute atomic E-state index is 12.2. The molecule has 7 nitrogen and oxygen atoms in total. The minimum atomic E-state index is -0.238. The molecular formula is C20H31N5O2. The van der Waals surface area contributed by atoms with E-state index in [0.29, 0.717) is 19.5 Å². The van der Waals surface area contributed by atoms with Gasteiger partial charge in [0, 0.05) is 51.9 Å². The van der Waals surface area contributed by atoms with E-state index in [2.05, 4.69) is 20.5 Å². The van der Waals surface area contributed by atoms with Crippen LogP contribution in [-0.4, -0.2) is 54.5 Å². The highest BCUT2D eigenvalue weighted by atomic mass is 16.2. The van der Waals surface area contributed by atoms with Gasteiger partial charge in [-0.05, 0) is 43.4 Å². The first-order valence-electron chi connectivity index (χ1n) is 10.2. The third-order valence-electron chi connectivity index (χ3n) is 5.28. The third-order valence-corrected chi connectivity index (χ3v) is 5.28. The van der Waals surface area contributed by atoms with Crippen molar-refractivity contribution in [2.45, 2.75) is 51.5 Å². The van der Waals surface area contributed by atoms with Gasteiger partial charge in [-0.3, -0.25) is 4.79 Å². The average molecular weight is 374 g/mol. The maximum Gasteiger partial charge on any atom is 0.315 e. The molecule has 1 aromatic heterocycles. The van der Waals surface area contributed by atoms with Crippen LogP contribution in [0, 0.1) is 0 Å². The molecule has 7 heteroatoms. The van der Waals surface area contributed by atoms with Crippen LogP contribution in [0.1, 0.15) is 50.5 Å². The highest BCUT2D eigenvalue weighted by Gasteiger charge is 2.16. The van der Waals surface area contributed by atoms with Gasteiger partial charge >= 0.3 is 6.03 Å². The largest absolute Gasteiger partial charge is 0.357 e. The van der Waals surface area contributed by atoms with Crippen LogP contribution in [0.25, 0.3) is 0 Å². The van der Waals surface area contributed by atoms with Gasteiger partial charge in [0.1, 0.15) is 5.82 Å². The summed E-state index contributed by atoms with van der Waals surface area (Å²) in [6, 6.07) is 3.72. The van der Waals surface area contributed by atoms with E-state index in [1.165, 1.54) is 25.7 Å². The molecule has 3 rings (SSSR count). The molecule has 3 heterocycles. The van der Waals surface area contributed by atoms with Crippen molar-refractivity contribution in [3.05, 3.63) is 23.9 Å². The van der Waals surface area contributed by atoms with E-state index in [0.717, 1.165) is 50.4 Å². The van der Waals surface area contributed by atoms with Crippen molar-refractivity contribution in [3.63, 3.8) is 0 Å². The van der Waals surface area contributed by atoms with Crippen molar-refractivity contribution < 1.29 is 9.59 Å². The predicted octanol–water partition coefficient (Wildman–Crippen LogP) is 2.27. The number of nitrogens with one attached hydrogen (secondary N) is 2. The van der Waals surface area contributed by atoms with Gasteiger partial charge in [0.2, 0.25) is 5.91 Å². The number of urea groups is 1. The molecular weight excluding hydrogens is 342 g/mol. The fourth-order valence-corrected chi connectivity index (χ4v) is 3.70. The Labute approximate surface area is 161 Å². The lowest BCUT2D eigenvalue weighted by Crippen LogP contribution is -2.39. The van der Waals surface area contributed by atoms with Crippen LogP contribution in [0.4, 0.5) is 10.6 Å². The number of pyridine rings is 1. The Morgan fingerprint density at radius 2 is 1.67 bits per heavy atom. The van der Waals surface area contributed by atoms with Crippen LogP contribution >= 0.6 is 0 Å². The van der Waals surface area contributed by atoms with Crippen molar-refractivity contribution >= 4 is 17.8 Å².